The molecule has 25 heavy (non-hydrogen) atoms. The van der Waals surface area contributed by atoms with Crippen molar-refractivity contribution in [1.82, 2.24) is 9.78 Å². The van der Waals surface area contributed by atoms with Crippen LogP contribution in [0.2, 0.25) is 0 Å². The van der Waals surface area contributed by atoms with Crippen LogP contribution in [-0.2, 0) is 7.05 Å². The van der Waals surface area contributed by atoms with Gasteiger partial charge in [-0.3, -0.25) is 9.48 Å². The fraction of sp³-hybridized carbons (Fsp3) is 0.158. The molecule has 0 aliphatic carbocycles. The molecule has 0 aliphatic heterocycles. The topological polar surface area (TPSA) is 56.1 Å². The summed E-state index contributed by atoms with van der Waals surface area (Å²) in [4.78, 5) is 13.1. The Kier molecular flexibility index (Phi) is 5.19. The van der Waals surface area contributed by atoms with E-state index in [2.05, 4.69) is 26.3 Å². The molecule has 0 amide bonds. The Morgan fingerprint density at radius 3 is 2.60 bits per heavy atom. The predicted molar refractivity (Wildman–Crippen MR) is 101 cm³/mol. The summed E-state index contributed by atoms with van der Waals surface area (Å²) in [7, 11) is 3.40. The number of benzene rings is 2. The predicted octanol–water partition coefficient (Wildman–Crippen LogP) is 4.23. The Hall–Kier alpha value is -2.60. The van der Waals surface area contributed by atoms with Crippen molar-refractivity contribution >= 4 is 27.4 Å². The van der Waals surface area contributed by atoms with Crippen molar-refractivity contribution in [2.24, 2.45) is 7.05 Å². The third kappa shape index (κ3) is 3.91. The van der Waals surface area contributed by atoms with E-state index in [1.54, 1.807) is 25.0 Å². The monoisotopic (exact) mass is 399 g/mol. The molecule has 0 spiro atoms. The highest BCUT2D eigenvalue weighted by molar-refractivity contribution is 9.10. The molecule has 0 fully saturated rings. The quantitative estimate of drug-likeness (QED) is 0.630. The van der Waals surface area contributed by atoms with Crippen molar-refractivity contribution in [3.8, 4) is 5.75 Å². The fourth-order valence-electron chi connectivity index (χ4n) is 2.59. The third-order valence-corrected chi connectivity index (χ3v) is 4.37. The van der Waals surface area contributed by atoms with Gasteiger partial charge in [0.05, 0.1) is 11.6 Å². The van der Waals surface area contributed by atoms with Gasteiger partial charge in [0, 0.05) is 25.0 Å². The summed E-state index contributed by atoms with van der Waals surface area (Å²) in [6, 6.07) is 16.5. The van der Waals surface area contributed by atoms with Crippen molar-refractivity contribution in [3.63, 3.8) is 0 Å². The van der Waals surface area contributed by atoms with Crippen LogP contribution in [0.25, 0.3) is 0 Å². The highest BCUT2D eigenvalue weighted by Gasteiger charge is 2.26. The van der Waals surface area contributed by atoms with Gasteiger partial charge in [-0.15, -0.1) is 0 Å². The molecule has 0 radical (unpaired) electrons. The average Bonchev–Trinajstić information content (AvgIpc) is 2.98. The fourth-order valence-corrected chi connectivity index (χ4v) is 3.16. The van der Waals surface area contributed by atoms with E-state index >= 15 is 0 Å². The van der Waals surface area contributed by atoms with E-state index < -0.39 is 6.04 Å². The molecule has 2 aromatic carbocycles. The first-order valence-electron chi connectivity index (χ1n) is 7.77. The van der Waals surface area contributed by atoms with E-state index in [-0.39, 0.29) is 5.78 Å². The van der Waals surface area contributed by atoms with Gasteiger partial charge in [-0.05, 0) is 33.6 Å². The standard InChI is InChI=1S/C19H18BrN3O2/c1-23-12-16(20)18(22-23)19(24)17(13-7-4-3-5-8-13)21-14-9-6-10-15(11-14)25-2/h3-12,17,21H,1-2H3. The van der Waals surface area contributed by atoms with Crippen LogP contribution >= 0.6 is 15.9 Å². The molecule has 5 nitrogen and oxygen atoms in total. The number of nitrogens with zero attached hydrogens (tertiary/aromatic N) is 2. The van der Waals surface area contributed by atoms with E-state index in [4.69, 9.17) is 4.74 Å². The SMILES string of the molecule is COc1cccc(NC(C(=O)c2nn(C)cc2Br)c2ccccc2)c1. The summed E-state index contributed by atoms with van der Waals surface area (Å²) < 4.78 is 7.55. The Bertz CT molecular complexity index is 877. The molecule has 0 bridgehead atoms. The van der Waals surface area contributed by atoms with E-state index in [0.29, 0.717) is 10.2 Å². The van der Waals surface area contributed by atoms with Crippen molar-refractivity contribution < 1.29 is 9.53 Å². The molecule has 1 unspecified atom stereocenters. The van der Waals surface area contributed by atoms with Gasteiger partial charge < -0.3 is 10.1 Å². The zero-order valence-corrected chi connectivity index (χ0v) is 15.5. The molecular formula is C19H18BrN3O2. The van der Waals surface area contributed by atoms with Gasteiger partial charge in [-0.25, -0.2) is 0 Å². The average molecular weight is 400 g/mol. The van der Waals surface area contributed by atoms with Crippen LogP contribution in [0.1, 0.15) is 22.1 Å². The second-order valence-electron chi connectivity index (χ2n) is 5.58. The smallest absolute Gasteiger partial charge is 0.210 e. The summed E-state index contributed by atoms with van der Waals surface area (Å²) in [5, 5.41) is 7.59. The number of ketones is 1. The maximum absolute atomic E-state index is 13.1. The van der Waals surface area contributed by atoms with Gasteiger partial charge in [0.25, 0.3) is 0 Å². The lowest BCUT2D eigenvalue weighted by atomic mass is 10.0. The van der Waals surface area contributed by atoms with E-state index in [1.165, 1.54) is 0 Å². The number of Topliss-reactive ketones (excluding diaryl/α,β-unsaturated/α-hetero) is 1. The van der Waals surface area contributed by atoms with Crippen LogP contribution < -0.4 is 10.1 Å². The third-order valence-electron chi connectivity index (χ3n) is 3.79. The number of aryl methyl sites for hydroxylation is 1. The van der Waals surface area contributed by atoms with Crippen LogP contribution in [0.15, 0.2) is 65.3 Å². The summed E-state index contributed by atoms with van der Waals surface area (Å²) in [5.74, 6) is 0.616. The highest BCUT2D eigenvalue weighted by atomic mass is 79.9. The summed E-state index contributed by atoms with van der Waals surface area (Å²) >= 11 is 3.41. The number of rotatable bonds is 6. The summed E-state index contributed by atoms with van der Waals surface area (Å²) in [6.07, 6.45) is 1.76. The normalized spacial score (nSPS) is 11.8. The summed E-state index contributed by atoms with van der Waals surface area (Å²) in [6.45, 7) is 0. The van der Waals surface area contributed by atoms with Gasteiger partial charge in [-0.2, -0.15) is 5.10 Å². The number of carbonyl (C=O) groups is 1. The number of hydrogen-bond donors (Lipinski definition) is 1. The zero-order chi connectivity index (χ0) is 17.8. The number of ether oxygens (including phenoxy) is 1. The van der Waals surface area contributed by atoms with E-state index in [0.717, 1.165) is 17.0 Å². The molecule has 1 atom stereocenters. The van der Waals surface area contributed by atoms with Crippen LogP contribution in [0.4, 0.5) is 5.69 Å². The molecule has 0 saturated heterocycles. The molecular weight excluding hydrogens is 382 g/mol. The molecule has 1 heterocycles. The molecule has 3 rings (SSSR count). The zero-order valence-electron chi connectivity index (χ0n) is 13.9. The molecule has 0 aliphatic rings. The van der Waals surface area contributed by atoms with Crippen molar-refractivity contribution in [2.75, 3.05) is 12.4 Å². The van der Waals surface area contributed by atoms with Crippen molar-refractivity contribution in [3.05, 3.63) is 76.5 Å². The first kappa shape index (κ1) is 17.2. The van der Waals surface area contributed by atoms with Gasteiger partial charge in [0.15, 0.2) is 0 Å². The largest absolute Gasteiger partial charge is 0.497 e. The second kappa shape index (κ2) is 7.53. The maximum Gasteiger partial charge on any atom is 0.210 e. The Balaban J connectivity index is 1.98. The minimum Gasteiger partial charge on any atom is -0.497 e. The van der Waals surface area contributed by atoms with E-state index in [9.17, 15) is 4.79 Å². The molecule has 0 saturated carbocycles. The number of anilines is 1. The minimum atomic E-state index is -0.556. The number of aromatic nitrogens is 2. The Morgan fingerprint density at radius 2 is 1.96 bits per heavy atom. The molecule has 128 valence electrons. The van der Waals surface area contributed by atoms with Crippen LogP contribution in [-0.4, -0.2) is 22.7 Å². The lowest BCUT2D eigenvalue weighted by Gasteiger charge is -2.19. The highest BCUT2D eigenvalue weighted by Crippen LogP contribution is 2.27. The maximum atomic E-state index is 13.1. The lowest BCUT2D eigenvalue weighted by Crippen LogP contribution is -2.22. The first-order valence-corrected chi connectivity index (χ1v) is 8.56. The molecule has 1 aromatic heterocycles. The second-order valence-corrected chi connectivity index (χ2v) is 6.44. The van der Waals surface area contributed by atoms with Gasteiger partial charge in [-0.1, -0.05) is 36.4 Å². The number of carbonyl (C=O) groups excluding carboxylic acids is 1. The molecule has 6 heteroatoms. The summed E-state index contributed by atoms with van der Waals surface area (Å²) in [5.41, 5.74) is 2.06. The Morgan fingerprint density at radius 1 is 1.20 bits per heavy atom. The van der Waals surface area contributed by atoms with Gasteiger partial charge in [0.1, 0.15) is 17.5 Å². The van der Waals surface area contributed by atoms with Crippen molar-refractivity contribution in [2.45, 2.75) is 6.04 Å². The first-order chi connectivity index (χ1) is 12.1. The number of methoxy groups -OCH3 is 1. The van der Waals surface area contributed by atoms with Crippen LogP contribution in [0, 0.1) is 0 Å². The molecule has 1 N–H and O–H groups in total. The van der Waals surface area contributed by atoms with Crippen LogP contribution in [0.5, 0.6) is 5.75 Å². The number of nitrogens with one attached hydrogen (secondary N) is 1. The van der Waals surface area contributed by atoms with Gasteiger partial charge in [0.2, 0.25) is 5.78 Å². The lowest BCUT2D eigenvalue weighted by molar-refractivity contribution is 0.0963. The van der Waals surface area contributed by atoms with Crippen LogP contribution in [0.3, 0.4) is 0 Å². The minimum absolute atomic E-state index is 0.110. The molecule has 3 aromatic rings. The van der Waals surface area contributed by atoms with Crippen molar-refractivity contribution in [1.29, 1.82) is 0 Å². The number of hydrogen-bond acceptors (Lipinski definition) is 4. The van der Waals surface area contributed by atoms with E-state index in [1.807, 2.05) is 54.6 Å². The van der Waals surface area contributed by atoms with Gasteiger partial charge >= 0.3 is 0 Å². The number of halogens is 1. The Labute approximate surface area is 154 Å².